The van der Waals surface area contributed by atoms with Crippen molar-refractivity contribution in [2.24, 2.45) is 0 Å². The molecule has 3 aromatic rings. The van der Waals surface area contributed by atoms with E-state index in [1.165, 1.54) is 10.4 Å². The van der Waals surface area contributed by atoms with E-state index in [0.717, 1.165) is 68.3 Å². The van der Waals surface area contributed by atoms with E-state index in [9.17, 15) is 0 Å². The molecule has 0 bridgehead atoms. The molecule has 148 valence electrons. The lowest BCUT2D eigenvalue weighted by Gasteiger charge is -2.35. The van der Waals surface area contributed by atoms with E-state index in [-0.39, 0.29) is 0 Å². The zero-order valence-electron chi connectivity index (χ0n) is 16.6. The van der Waals surface area contributed by atoms with E-state index in [0.29, 0.717) is 0 Å². The fourth-order valence-corrected chi connectivity index (χ4v) is 4.40. The highest BCUT2D eigenvalue weighted by molar-refractivity contribution is 7.09. The monoisotopic (exact) mass is 396 g/mol. The van der Waals surface area contributed by atoms with Gasteiger partial charge < -0.3 is 19.9 Å². The molecule has 28 heavy (non-hydrogen) atoms. The molecular formula is C22H28N4OS. The summed E-state index contributed by atoms with van der Waals surface area (Å²) >= 11 is 1.79. The maximum atomic E-state index is 5.40. The van der Waals surface area contributed by atoms with Crippen molar-refractivity contribution in [2.45, 2.75) is 20.0 Å². The molecule has 2 aromatic heterocycles. The molecule has 0 amide bonds. The Morgan fingerprint density at radius 3 is 2.68 bits per heavy atom. The average molecular weight is 397 g/mol. The molecule has 1 N–H and O–H groups in total. The molecule has 0 atom stereocenters. The maximum absolute atomic E-state index is 5.40. The van der Waals surface area contributed by atoms with Gasteiger partial charge in [-0.2, -0.15) is 0 Å². The van der Waals surface area contributed by atoms with Crippen LogP contribution in [-0.2, 0) is 13.1 Å². The van der Waals surface area contributed by atoms with Crippen LogP contribution in [0.2, 0.25) is 0 Å². The van der Waals surface area contributed by atoms with E-state index < -0.39 is 0 Å². The van der Waals surface area contributed by atoms with Gasteiger partial charge in [-0.15, -0.1) is 11.3 Å². The minimum Gasteiger partial charge on any atom is -0.497 e. The number of benzene rings is 1. The summed E-state index contributed by atoms with van der Waals surface area (Å²) in [4.78, 5) is 11.4. The lowest BCUT2D eigenvalue weighted by atomic mass is 10.1. The minimum atomic E-state index is 0.816. The molecule has 1 saturated heterocycles. The molecule has 1 aliphatic heterocycles. The summed E-state index contributed by atoms with van der Waals surface area (Å²) in [5, 5.41) is 6.88. The Balaban J connectivity index is 1.60. The van der Waals surface area contributed by atoms with E-state index in [1.54, 1.807) is 18.4 Å². The summed E-state index contributed by atoms with van der Waals surface area (Å²) in [7, 11) is 1.70. The predicted octanol–water partition coefficient (Wildman–Crippen LogP) is 3.74. The number of aromatic nitrogens is 1. The van der Waals surface area contributed by atoms with Gasteiger partial charge in [-0.05, 0) is 36.2 Å². The van der Waals surface area contributed by atoms with Gasteiger partial charge in [-0.3, -0.25) is 0 Å². The summed E-state index contributed by atoms with van der Waals surface area (Å²) in [5.74, 6) is 1.96. The lowest BCUT2D eigenvalue weighted by Crippen LogP contribution is -2.46. The number of ether oxygens (including phenoxy) is 1. The summed E-state index contributed by atoms with van der Waals surface area (Å²) in [6.07, 6.45) is 0. The molecule has 3 heterocycles. The van der Waals surface area contributed by atoms with Crippen LogP contribution in [0.25, 0.3) is 10.9 Å². The Bertz CT molecular complexity index is 904. The number of pyridine rings is 1. The smallest absolute Gasteiger partial charge is 0.133 e. The van der Waals surface area contributed by atoms with Crippen LogP contribution in [0, 0.1) is 0 Å². The summed E-state index contributed by atoms with van der Waals surface area (Å²) < 4.78 is 5.40. The van der Waals surface area contributed by atoms with Crippen LogP contribution in [0.3, 0.4) is 0 Å². The number of thiophene rings is 1. The highest BCUT2D eigenvalue weighted by atomic mass is 32.1. The highest BCUT2D eigenvalue weighted by Crippen LogP contribution is 2.27. The maximum Gasteiger partial charge on any atom is 0.133 e. The SMILES string of the molecule is CCN1CCN(c2nc3cc(OC)ccc3cc2CNCc2cccs2)CC1. The molecule has 0 unspecified atom stereocenters. The zero-order chi connectivity index (χ0) is 19.3. The number of anilines is 1. The van der Waals surface area contributed by atoms with Gasteiger partial charge in [0.15, 0.2) is 0 Å². The van der Waals surface area contributed by atoms with Crippen molar-refractivity contribution in [1.82, 2.24) is 15.2 Å². The largest absolute Gasteiger partial charge is 0.497 e. The molecule has 1 aliphatic rings. The Kier molecular flexibility index (Phi) is 6.10. The van der Waals surface area contributed by atoms with Gasteiger partial charge in [-0.25, -0.2) is 4.98 Å². The van der Waals surface area contributed by atoms with Crippen molar-refractivity contribution >= 4 is 28.1 Å². The van der Waals surface area contributed by atoms with E-state index in [2.05, 4.69) is 51.7 Å². The molecule has 1 aromatic carbocycles. The second kappa shape index (κ2) is 8.90. The number of piperazine rings is 1. The van der Waals surface area contributed by atoms with Crippen molar-refractivity contribution in [2.75, 3.05) is 44.7 Å². The molecule has 0 aliphatic carbocycles. The van der Waals surface area contributed by atoms with Crippen molar-refractivity contribution < 1.29 is 4.74 Å². The first-order chi connectivity index (χ1) is 13.8. The minimum absolute atomic E-state index is 0.816. The first-order valence-electron chi connectivity index (χ1n) is 9.95. The topological polar surface area (TPSA) is 40.6 Å². The molecule has 0 spiro atoms. The number of rotatable bonds is 7. The summed E-state index contributed by atoms with van der Waals surface area (Å²) in [6.45, 7) is 9.29. The fraction of sp³-hybridized carbons (Fsp3) is 0.409. The Morgan fingerprint density at radius 1 is 1.11 bits per heavy atom. The summed E-state index contributed by atoms with van der Waals surface area (Å²) in [5.41, 5.74) is 2.26. The molecule has 0 radical (unpaired) electrons. The van der Waals surface area contributed by atoms with Crippen molar-refractivity contribution in [1.29, 1.82) is 0 Å². The number of methoxy groups -OCH3 is 1. The number of hydrogen-bond donors (Lipinski definition) is 1. The molecular weight excluding hydrogens is 368 g/mol. The van der Waals surface area contributed by atoms with Crippen LogP contribution in [-0.4, -0.2) is 49.7 Å². The number of nitrogens with zero attached hydrogens (tertiary/aromatic N) is 3. The molecule has 5 nitrogen and oxygen atoms in total. The van der Waals surface area contributed by atoms with Crippen LogP contribution < -0.4 is 15.0 Å². The number of hydrogen-bond acceptors (Lipinski definition) is 6. The van der Waals surface area contributed by atoms with E-state index >= 15 is 0 Å². The fourth-order valence-electron chi connectivity index (χ4n) is 3.72. The standard InChI is InChI=1S/C22H28N4OS/c1-3-25-8-10-26(11-9-25)22-18(15-23-16-20-5-4-12-28-20)13-17-6-7-19(27-2)14-21(17)24-22/h4-7,12-14,23H,3,8-11,15-16H2,1-2H3. The molecule has 0 saturated carbocycles. The predicted molar refractivity (Wildman–Crippen MR) is 117 cm³/mol. The Morgan fingerprint density at radius 2 is 1.96 bits per heavy atom. The van der Waals surface area contributed by atoms with Crippen LogP contribution in [0.15, 0.2) is 41.8 Å². The van der Waals surface area contributed by atoms with Crippen molar-refractivity contribution in [3.63, 3.8) is 0 Å². The number of likely N-dealkylation sites (N-methyl/N-ethyl adjacent to an activating group) is 1. The second-order valence-electron chi connectivity index (χ2n) is 7.13. The second-order valence-corrected chi connectivity index (χ2v) is 8.17. The molecule has 1 fully saturated rings. The number of nitrogens with one attached hydrogen (secondary N) is 1. The van der Waals surface area contributed by atoms with Gasteiger partial charge in [0.25, 0.3) is 0 Å². The third kappa shape index (κ3) is 4.29. The van der Waals surface area contributed by atoms with E-state index in [4.69, 9.17) is 9.72 Å². The third-order valence-electron chi connectivity index (χ3n) is 5.39. The van der Waals surface area contributed by atoms with Crippen LogP contribution >= 0.6 is 11.3 Å². The van der Waals surface area contributed by atoms with Crippen molar-refractivity contribution in [3.8, 4) is 5.75 Å². The Hall–Kier alpha value is -2.15. The van der Waals surface area contributed by atoms with Crippen molar-refractivity contribution in [3.05, 3.63) is 52.2 Å². The summed E-state index contributed by atoms with van der Waals surface area (Å²) in [6, 6.07) is 12.7. The Labute approximate surface area is 170 Å². The van der Waals surface area contributed by atoms with Gasteiger partial charge in [0, 0.05) is 61.2 Å². The number of fused-ring (bicyclic) bond motifs is 1. The molecule has 4 rings (SSSR count). The van der Waals surface area contributed by atoms with Gasteiger partial charge in [0.1, 0.15) is 11.6 Å². The van der Waals surface area contributed by atoms with Gasteiger partial charge in [-0.1, -0.05) is 13.0 Å². The third-order valence-corrected chi connectivity index (χ3v) is 6.27. The average Bonchev–Trinajstić information content (AvgIpc) is 3.26. The first kappa shape index (κ1) is 19.2. The quantitative estimate of drug-likeness (QED) is 0.659. The van der Waals surface area contributed by atoms with E-state index in [1.807, 2.05) is 12.1 Å². The van der Waals surface area contributed by atoms with Gasteiger partial charge in [0.05, 0.1) is 12.6 Å². The van der Waals surface area contributed by atoms with Crippen LogP contribution in [0.4, 0.5) is 5.82 Å². The zero-order valence-corrected chi connectivity index (χ0v) is 17.5. The first-order valence-corrected chi connectivity index (χ1v) is 10.8. The van der Waals surface area contributed by atoms with Crippen LogP contribution in [0.1, 0.15) is 17.4 Å². The molecule has 6 heteroatoms. The van der Waals surface area contributed by atoms with Gasteiger partial charge in [0.2, 0.25) is 0 Å². The normalized spacial score (nSPS) is 15.3. The van der Waals surface area contributed by atoms with Crippen LogP contribution in [0.5, 0.6) is 5.75 Å². The highest BCUT2D eigenvalue weighted by Gasteiger charge is 2.20. The van der Waals surface area contributed by atoms with Gasteiger partial charge >= 0.3 is 0 Å². The lowest BCUT2D eigenvalue weighted by molar-refractivity contribution is 0.270.